The van der Waals surface area contributed by atoms with Gasteiger partial charge in [-0.05, 0) is 44.8 Å². The van der Waals surface area contributed by atoms with Crippen molar-refractivity contribution in [2.75, 3.05) is 0 Å². The third kappa shape index (κ3) is 1.70. The molecule has 20 heavy (non-hydrogen) atoms. The monoisotopic (exact) mass is 253 g/mol. The molecule has 0 N–H and O–H groups in total. The molecule has 0 saturated carbocycles. The molecule has 0 amide bonds. The maximum absolute atomic E-state index is 3.40. The van der Waals surface area contributed by atoms with E-state index in [9.17, 15) is 0 Å². The molecule has 0 atom stereocenters. The topological polar surface area (TPSA) is 0 Å². The highest BCUT2D eigenvalue weighted by atomic mass is 14.1. The summed E-state index contributed by atoms with van der Waals surface area (Å²) in [7, 11) is 0. The molecular weight excluding hydrogens is 240 g/mol. The van der Waals surface area contributed by atoms with Gasteiger partial charge in [-0.15, -0.1) is 0 Å². The average Bonchev–Trinajstić information content (AvgIpc) is 2.55. The van der Waals surface area contributed by atoms with E-state index in [1.807, 2.05) is 0 Å². The molecule has 0 saturated heterocycles. The summed E-state index contributed by atoms with van der Waals surface area (Å²) in [5.74, 6) is 0. The molecule has 0 aliphatic rings. The Morgan fingerprint density at radius 1 is 0.650 bits per heavy atom. The van der Waals surface area contributed by atoms with Gasteiger partial charge in [-0.25, -0.2) is 0 Å². The third-order valence-corrected chi connectivity index (χ3v) is 3.76. The Hall–Kier alpha value is -2.60. The second-order valence-electron chi connectivity index (χ2n) is 4.97. The van der Waals surface area contributed by atoms with Crippen LogP contribution >= 0.6 is 0 Å². The predicted octanol–water partition coefficient (Wildman–Crippen LogP) is 5.46. The van der Waals surface area contributed by atoms with Crippen LogP contribution in [-0.2, 0) is 0 Å². The van der Waals surface area contributed by atoms with Crippen LogP contribution in [0.25, 0.3) is 32.7 Å². The number of rotatable bonds is 1. The summed E-state index contributed by atoms with van der Waals surface area (Å²) in [6.45, 7) is 0. The largest absolute Gasteiger partial charge is 0.0622 e. The van der Waals surface area contributed by atoms with Crippen molar-refractivity contribution >= 4 is 21.5 Å². The van der Waals surface area contributed by atoms with Gasteiger partial charge < -0.3 is 0 Å². The zero-order valence-corrected chi connectivity index (χ0v) is 11.0. The first-order chi connectivity index (χ1) is 9.93. The maximum Gasteiger partial charge on any atom is -0.00206 e. The van der Waals surface area contributed by atoms with E-state index in [-0.39, 0.29) is 0 Å². The Morgan fingerprint density at radius 2 is 1.45 bits per heavy atom. The Balaban J connectivity index is 2.19. The van der Waals surface area contributed by atoms with Gasteiger partial charge in [0.2, 0.25) is 0 Å². The van der Waals surface area contributed by atoms with Gasteiger partial charge in [-0.2, -0.15) is 0 Å². The van der Waals surface area contributed by atoms with Crippen LogP contribution in [0.2, 0.25) is 0 Å². The molecule has 0 fully saturated rings. The summed E-state index contributed by atoms with van der Waals surface area (Å²) >= 11 is 0. The fourth-order valence-electron chi connectivity index (χ4n) is 2.83. The minimum atomic E-state index is 1.17. The first kappa shape index (κ1) is 11.2. The van der Waals surface area contributed by atoms with Crippen molar-refractivity contribution in [3.05, 3.63) is 84.9 Å². The minimum absolute atomic E-state index is 1.17. The first-order valence-corrected chi connectivity index (χ1v) is 6.81. The molecule has 0 heteroatoms. The molecule has 0 aliphatic carbocycles. The van der Waals surface area contributed by atoms with E-state index in [0.717, 1.165) is 0 Å². The summed E-state index contributed by atoms with van der Waals surface area (Å²) in [6, 6.07) is 31.0. The second-order valence-corrected chi connectivity index (χ2v) is 4.97. The molecule has 0 nitrogen and oxygen atoms in total. The van der Waals surface area contributed by atoms with Crippen LogP contribution in [0, 0.1) is 6.07 Å². The van der Waals surface area contributed by atoms with Crippen molar-refractivity contribution in [2.24, 2.45) is 0 Å². The molecule has 93 valence electrons. The fourth-order valence-corrected chi connectivity index (χ4v) is 2.83. The van der Waals surface area contributed by atoms with Crippen LogP contribution in [-0.4, -0.2) is 0 Å². The highest BCUT2D eigenvalue weighted by Crippen LogP contribution is 2.33. The van der Waals surface area contributed by atoms with Crippen LogP contribution in [0.4, 0.5) is 0 Å². The summed E-state index contributed by atoms with van der Waals surface area (Å²) < 4.78 is 0. The van der Waals surface area contributed by atoms with Crippen molar-refractivity contribution in [3.8, 4) is 11.1 Å². The lowest BCUT2D eigenvalue weighted by Crippen LogP contribution is -1.83. The van der Waals surface area contributed by atoms with E-state index in [2.05, 4.69) is 84.9 Å². The standard InChI is InChI=1S/C20H13/c1-2-7-15(8-3-1)19-12-6-10-17-14-13-16-9-4-5-11-18(16)20(17)19/h1-13H. The van der Waals surface area contributed by atoms with Crippen molar-refractivity contribution in [2.45, 2.75) is 0 Å². The highest BCUT2D eigenvalue weighted by molar-refractivity contribution is 6.13. The van der Waals surface area contributed by atoms with E-state index < -0.39 is 0 Å². The Morgan fingerprint density at radius 3 is 2.35 bits per heavy atom. The van der Waals surface area contributed by atoms with Gasteiger partial charge in [-0.1, -0.05) is 72.8 Å². The predicted molar refractivity (Wildman–Crippen MR) is 85.7 cm³/mol. The molecule has 0 spiro atoms. The zero-order valence-electron chi connectivity index (χ0n) is 11.0. The molecule has 4 rings (SSSR count). The van der Waals surface area contributed by atoms with E-state index in [0.29, 0.717) is 0 Å². The number of benzene rings is 4. The van der Waals surface area contributed by atoms with E-state index in [4.69, 9.17) is 0 Å². The maximum atomic E-state index is 3.40. The van der Waals surface area contributed by atoms with Crippen LogP contribution in [0.5, 0.6) is 0 Å². The third-order valence-electron chi connectivity index (χ3n) is 3.76. The second kappa shape index (κ2) is 4.50. The van der Waals surface area contributed by atoms with Gasteiger partial charge in [-0.3, -0.25) is 0 Å². The number of hydrogen-bond acceptors (Lipinski definition) is 0. The molecule has 0 heterocycles. The summed E-state index contributed by atoms with van der Waals surface area (Å²) in [5, 5.41) is 4.99. The zero-order chi connectivity index (χ0) is 13.4. The highest BCUT2D eigenvalue weighted by Gasteiger charge is 2.06. The summed E-state index contributed by atoms with van der Waals surface area (Å²) in [6.07, 6.45) is 0. The molecule has 0 aliphatic heterocycles. The molecule has 0 bridgehead atoms. The van der Waals surface area contributed by atoms with Crippen LogP contribution in [0.15, 0.2) is 78.9 Å². The smallest absolute Gasteiger partial charge is 0.00206 e. The molecule has 4 aromatic rings. The lowest BCUT2D eigenvalue weighted by molar-refractivity contribution is 1.66. The van der Waals surface area contributed by atoms with Gasteiger partial charge in [0.15, 0.2) is 0 Å². The van der Waals surface area contributed by atoms with Gasteiger partial charge >= 0.3 is 0 Å². The number of fused-ring (bicyclic) bond motifs is 3. The van der Waals surface area contributed by atoms with E-state index >= 15 is 0 Å². The van der Waals surface area contributed by atoms with Crippen molar-refractivity contribution in [1.29, 1.82) is 0 Å². The lowest BCUT2D eigenvalue weighted by Gasteiger charge is -2.10. The van der Waals surface area contributed by atoms with Gasteiger partial charge in [0.25, 0.3) is 0 Å². The Kier molecular flexibility index (Phi) is 2.53. The van der Waals surface area contributed by atoms with Gasteiger partial charge in [0.1, 0.15) is 0 Å². The molecular formula is C20H13. The first-order valence-electron chi connectivity index (χ1n) is 6.81. The summed E-state index contributed by atoms with van der Waals surface area (Å²) in [5.41, 5.74) is 2.53. The minimum Gasteiger partial charge on any atom is -0.0622 e. The Bertz CT molecular complexity index is 889. The quantitative estimate of drug-likeness (QED) is 0.395. The van der Waals surface area contributed by atoms with E-state index in [1.165, 1.54) is 32.7 Å². The van der Waals surface area contributed by atoms with Crippen molar-refractivity contribution < 1.29 is 0 Å². The summed E-state index contributed by atoms with van der Waals surface area (Å²) in [4.78, 5) is 0. The van der Waals surface area contributed by atoms with Crippen molar-refractivity contribution in [1.82, 2.24) is 0 Å². The van der Waals surface area contributed by atoms with Crippen LogP contribution in [0.3, 0.4) is 0 Å². The fraction of sp³-hybridized carbons (Fsp3) is 0. The van der Waals surface area contributed by atoms with Gasteiger partial charge in [0.05, 0.1) is 0 Å². The molecule has 0 unspecified atom stereocenters. The van der Waals surface area contributed by atoms with Crippen LogP contribution < -0.4 is 0 Å². The van der Waals surface area contributed by atoms with Crippen molar-refractivity contribution in [3.63, 3.8) is 0 Å². The van der Waals surface area contributed by atoms with Gasteiger partial charge in [0, 0.05) is 0 Å². The average molecular weight is 253 g/mol. The van der Waals surface area contributed by atoms with E-state index in [1.54, 1.807) is 0 Å². The number of hydrogen-bond donors (Lipinski definition) is 0. The lowest BCUT2D eigenvalue weighted by atomic mass is 9.94. The Labute approximate surface area is 118 Å². The molecule has 4 aromatic carbocycles. The molecule has 1 radical (unpaired) electrons. The van der Waals surface area contributed by atoms with Crippen LogP contribution in [0.1, 0.15) is 0 Å². The normalized spacial score (nSPS) is 11.0. The molecule has 0 aromatic heterocycles. The SMILES string of the molecule is [c]1cc2ccccc2c2c(-c3ccccc3)cccc12.